The number of aromatic nitrogens is 1. The number of pyridine rings is 1. The molecule has 0 saturated carbocycles. The molecular formula is C16H15BrClN3O. The Morgan fingerprint density at radius 3 is 2.95 bits per heavy atom. The average molecular weight is 381 g/mol. The molecule has 0 bridgehead atoms. The Labute approximate surface area is 142 Å². The number of nitrogens with zero attached hydrogens (tertiary/aromatic N) is 2. The third-order valence-electron chi connectivity index (χ3n) is 3.68. The Hall–Kier alpha value is -1.43. The summed E-state index contributed by atoms with van der Waals surface area (Å²) >= 11 is 9.42. The summed E-state index contributed by atoms with van der Waals surface area (Å²) in [5.41, 5.74) is 1.49. The predicted molar refractivity (Wildman–Crippen MR) is 90.0 cm³/mol. The van der Waals surface area contributed by atoms with E-state index in [2.05, 4.69) is 26.2 Å². The molecule has 2 heterocycles. The minimum absolute atomic E-state index is 0.0367. The Morgan fingerprint density at radius 2 is 2.23 bits per heavy atom. The van der Waals surface area contributed by atoms with Gasteiger partial charge < -0.3 is 10.2 Å². The number of hydrogen-bond donors (Lipinski definition) is 1. The monoisotopic (exact) mass is 379 g/mol. The molecule has 1 N–H and O–H groups in total. The number of benzene rings is 1. The first-order chi connectivity index (χ1) is 10.6. The van der Waals surface area contributed by atoms with Gasteiger partial charge in [0, 0.05) is 35.3 Å². The number of hydrogen-bond acceptors (Lipinski definition) is 3. The second-order valence-corrected chi connectivity index (χ2v) is 6.49. The fourth-order valence-electron chi connectivity index (χ4n) is 2.61. The summed E-state index contributed by atoms with van der Waals surface area (Å²) in [7, 11) is 0. The Kier molecular flexibility index (Phi) is 4.76. The largest absolute Gasteiger partial charge is 0.328 e. The van der Waals surface area contributed by atoms with Gasteiger partial charge in [-0.05, 0) is 45.8 Å². The van der Waals surface area contributed by atoms with Gasteiger partial charge >= 0.3 is 0 Å². The summed E-state index contributed by atoms with van der Waals surface area (Å²) in [6, 6.07) is 11.2. The molecular weight excluding hydrogens is 366 g/mol. The smallest absolute Gasteiger partial charge is 0.273 e. The predicted octanol–water partition coefficient (Wildman–Crippen LogP) is 3.28. The van der Waals surface area contributed by atoms with E-state index in [1.807, 2.05) is 35.2 Å². The van der Waals surface area contributed by atoms with Gasteiger partial charge in [0.05, 0.1) is 6.04 Å². The zero-order valence-electron chi connectivity index (χ0n) is 11.8. The van der Waals surface area contributed by atoms with Crippen LogP contribution in [0.25, 0.3) is 0 Å². The molecule has 1 aromatic carbocycles. The molecule has 0 spiro atoms. The van der Waals surface area contributed by atoms with Crippen LogP contribution in [0.4, 0.5) is 0 Å². The van der Waals surface area contributed by atoms with Crippen molar-refractivity contribution in [3.05, 3.63) is 63.3 Å². The van der Waals surface area contributed by atoms with Crippen LogP contribution in [0, 0.1) is 0 Å². The second kappa shape index (κ2) is 6.77. The van der Waals surface area contributed by atoms with E-state index >= 15 is 0 Å². The van der Waals surface area contributed by atoms with Gasteiger partial charge in [-0.1, -0.05) is 23.7 Å². The van der Waals surface area contributed by atoms with E-state index in [4.69, 9.17) is 11.6 Å². The highest BCUT2D eigenvalue weighted by Gasteiger charge is 2.29. The van der Waals surface area contributed by atoms with Gasteiger partial charge in [0.15, 0.2) is 0 Å². The number of carbonyl (C=O) groups is 1. The first-order valence-electron chi connectivity index (χ1n) is 7.04. The Bertz CT molecular complexity index is 677. The van der Waals surface area contributed by atoms with E-state index in [0.29, 0.717) is 23.8 Å². The lowest BCUT2D eigenvalue weighted by Gasteiger charge is -2.36. The van der Waals surface area contributed by atoms with Crippen LogP contribution in [0.15, 0.2) is 47.1 Å². The lowest BCUT2D eigenvalue weighted by atomic mass is 10.0. The topological polar surface area (TPSA) is 45.2 Å². The van der Waals surface area contributed by atoms with Gasteiger partial charge in [-0.15, -0.1) is 0 Å². The van der Waals surface area contributed by atoms with Gasteiger partial charge in [-0.3, -0.25) is 4.79 Å². The normalized spacial score (nSPS) is 18.3. The third-order valence-corrected chi connectivity index (χ3v) is 4.39. The fraction of sp³-hybridized carbons (Fsp3) is 0.250. The number of piperazine rings is 1. The highest BCUT2D eigenvalue weighted by atomic mass is 79.9. The van der Waals surface area contributed by atoms with Crippen LogP contribution in [-0.4, -0.2) is 35.4 Å². The minimum Gasteiger partial charge on any atom is -0.328 e. The molecule has 1 unspecified atom stereocenters. The second-order valence-electron chi connectivity index (χ2n) is 5.14. The minimum atomic E-state index is -0.0565. The Morgan fingerprint density at radius 1 is 1.36 bits per heavy atom. The molecule has 0 radical (unpaired) electrons. The van der Waals surface area contributed by atoms with Gasteiger partial charge in [-0.2, -0.15) is 0 Å². The number of halogens is 2. The molecule has 1 amide bonds. The standard InChI is InChI=1S/C16H15BrClN3O/c17-12-4-5-14(20-9-12)16(22)21-7-6-19-10-15(21)11-2-1-3-13(18)8-11/h1-5,8-9,15,19H,6-7,10H2. The van der Waals surface area contributed by atoms with Crippen molar-refractivity contribution in [1.29, 1.82) is 0 Å². The number of carbonyl (C=O) groups excluding carboxylic acids is 1. The first kappa shape index (κ1) is 15.5. The average Bonchev–Trinajstić information content (AvgIpc) is 2.55. The van der Waals surface area contributed by atoms with Crippen LogP contribution in [0.2, 0.25) is 5.02 Å². The number of nitrogens with one attached hydrogen (secondary N) is 1. The number of amides is 1. The first-order valence-corrected chi connectivity index (χ1v) is 8.21. The molecule has 1 aliphatic rings. The Balaban J connectivity index is 1.89. The molecule has 22 heavy (non-hydrogen) atoms. The molecule has 114 valence electrons. The van der Waals surface area contributed by atoms with Crippen LogP contribution in [0.5, 0.6) is 0 Å². The van der Waals surface area contributed by atoms with Crippen molar-refractivity contribution in [3.63, 3.8) is 0 Å². The summed E-state index contributed by atoms with van der Waals surface area (Å²) in [5, 5.41) is 4.01. The van der Waals surface area contributed by atoms with Gasteiger partial charge in [0.25, 0.3) is 5.91 Å². The van der Waals surface area contributed by atoms with Crippen molar-refractivity contribution in [2.45, 2.75) is 6.04 Å². The van der Waals surface area contributed by atoms with Crippen LogP contribution in [-0.2, 0) is 0 Å². The van der Waals surface area contributed by atoms with Crippen LogP contribution in [0.1, 0.15) is 22.1 Å². The van der Waals surface area contributed by atoms with Crippen LogP contribution >= 0.6 is 27.5 Å². The highest BCUT2D eigenvalue weighted by Crippen LogP contribution is 2.26. The molecule has 1 fully saturated rings. The van der Waals surface area contributed by atoms with Crippen molar-refractivity contribution >= 4 is 33.4 Å². The molecule has 1 aromatic heterocycles. The van der Waals surface area contributed by atoms with Crippen molar-refractivity contribution < 1.29 is 4.79 Å². The molecule has 6 heteroatoms. The maximum Gasteiger partial charge on any atom is 0.273 e. The summed E-state index contributed by atoms with van der Waals surface area (Å²) in [4.78, 5) is 18.8. The van der Waals surface area contributed by atoms with E-state index in [-0.39, 0.29) is 11.9 Å². The zero-order chi connectivity index (χ0) is 15.5. The quantitative estimate of drug-likeness (QED) is 0.869. The van der Waals surface area contributed by atoms with Crippen molar-refractivity contribution in [3.8, 4) is 0 Å². The summed E-state index contributed by atoms with van der Waals surface area (Å²) in [6.07, 6.45) is 1.64. The van der Waals surface area contributed by atoms with Crippen LogP contribution < -0.4 is 5.32 Å². The molecule has 3 rings (SSSR count). The molecule has 1 atom stereocenters. The molecule has 2 aromatic rings. The van der Waals surface area contributed by atoms with Crippen molar-refractivity contribution in [2.24, 2.45) is 0 Å². The van der Waals surface area contributed by atoms with Crippen LogP contribution in [0.3, 0.4) is 0 Å². The van der Waals surface area contributed by atoms with Gasteiger partial charge in [-0.25, -0.2) is 4.98 Å². The molecule has 0 aliphatic carbocycles. The zero-order valence-corrected chi connectivity index (χ0v) is 14.1. The van der Waals surface area contributed by atoms with Gasteiger partial charge in [0.1, 0.15) is 5.69 Å². The molecule has 4 nitrogen and oxygen atoms in total. The van der Waals surface area contributed by atoms with E-state index in [0.717, 1.165) is 16.6 Å². The lowest BCUT2D eigenvalue weighted by molar-refractivity contribution is 0.0628. The number of rotatable bonds is 2. The lowest BCUT2D eigenvalue weighted by Crippen LogP contribution is -2.48. The van der Waals surface area contributed by atoms with E-state index in [9.17, 15) is 4.79 Å². The maximum atomic E-state index is 12.8. The SMILES string of the molecule is O=C(c1ccc(Br)cn1)N1CCNCC1c1cccc(Cl)c1. The molecule has 1 aliphatic heterocycles. The molecule has 1 saturated heterocycles. The summed E-state index contributed by atoms with van der Waals surface area (Å²) in [6.45, 7) is 2.13. The van der Waals surface area contributed by atoms with E-state index < -0.39 is 0 Å². The third kappa shape index (κ3) is 3.32. The van der Waals surface area contributed by atoms with Crippen molar-refractivity contribution in [2.75, 3.05) is 19.6 Å². The van der Waals surface area contributed by atoms with Gasteiger partial charge in [0.2, 0.25) is 0 Å². The van der Waals surface area contributed by atoms with E-state index in [1.165, 1.54) is 0 Å². The summed E-state index contributed by atoms with van der Waals surface area (Å²) < 4.78 is 0.857. The van der Waals surface area contributed by atoms with E-state index in [1.54, 1.807) is 12.3 Å². The van der Waals surface area contributed by atoms with Crippen molar-refractivity contribution in [1.82, 2.24) is 15.2 Å². The fourth-order valence-corrected chi connectivity index (χ4v) is 3.04. The maximum absolute atomic E-state index is 12.8. The summed E-state index contributed by atoms with van der Waals surface area (Å²) in [5.74, 6) is -0.0565. The highest BCUT2D eigenvalue weighted by molar-refractivity contribution is 9.10.